The molecule has 0 saturated heterocycles. The third-order valence-corrected chi connectivity index (χ3v) is 10.1. The van der Waals surface area contributed by atoms with Crippen molar-refractivity contribution in [3.05, 3.63) is 0 Å². The Balaban J connectivity index is 4.21. The molecule has 10 nitrogen and oxygen atoms in total. The van der Waals surface area contributed by atoms with Gasteiger partial charge in [0.25, 0.3) is 0 Å². The summed E-state index contributed by atoms with van der Waals surface area (Å²) in [6.07, 6.45) is 26.8. The highest BCUT2D eigenvalue weighted by Crippen LogP contribution is 2.43. The van der Waals surface area contributed by atoms with Crippen molar-refractivity contribution in [2.24, 2.45) is 11.8 Å². The van der Waals surface area contributed by atoms with Gasteiger partial charge >= 0.3 is 19.8 Å². The molecule has 0 amide bonds. The van der Waals surface area contributed by atoms with Gasteiger partial charge in [0.2, 0.25) is 0 Å². The van der Waals surface area contributed by atoms with Crippen LogP contribution < -0.4 is 0 Å². The number of carbonyl (C=O) groups is 2. The number of rotatable bonds is 38. The second-order valence-electron chi connectivity index (χ2n) is 15.3. The summed E-state index contributed by atoms with van der Waals surface area (Å²) in [5.74, 6) is 0.638. The zero-order valence-corrected chi connectivity index (χ0v) is 34.1. The van der Waals surface area contributed by atoms with E-state index in [0.29, 0.717) is 12.8 Å². The minimum Gasteiger partial charge on any atom is -0.462 e. The third-order valence-electron chi connectivity index (χ3n) is 9.12. The van der Waals surface area contributed by atoms with E-state index in [0.717, 1.165) is 50.4 Å². The molecule has 1 unspecified atom stereocenters. The number of hydrogen-bond acceptors (Lipinski definition) is 9. The fourth-order valence-electron chi connectivity index (χ4n) is 5.89. The van der Waals surface area contributed by atoms with Crippen LogP contribution in [0.3, 0.4) is 0 Å². The quantitative estimate of drug-likeness (QED) is 0.0316. The molecule has 0 aliphatic heterocycles. The van der Waals surface area contributed by atoms with Crippen molar-refractivity contribution < 1.29 is 47.8 Å². The smallest absolute Gasteiger partial charge is 0.462 e. The number of aliphatic hydroxyl groups excluding tert-OH is 2. The van der Waals surface area contributed by atoms with Gasteiger partial charge in [-0.25, -0.2) is 4.57 Å². The molecule has 304 valence electrons. The van der Waals surface area contributed by atoms with Gasteiger partial charge in [-0.1, -0.05) is 169 Å². The molecule has 0 saturated carbocycles. The van der Waals surface area contributed by atoms with E-state index in [1.165, 1.54) is 103 Å². The molecule has 0 aliphatic carbocycles. The van der Waals surface area contributed by atoms with Crippen molar-refractivity contribution in [2.45, 2.75) is 207 Å². The normalized spacial score (nSPS) is 14.1. The summed E-state index contributed by atoms with van der Waals surface area (Å²) in [5, 5.41) is 18.3. The zero-order chi connectivity index (χ0) is 38.0. The minimum atomic E-state index is -4.60. The second-order valence-corrected chi connectivity index (χ2v) is 16.8. The van der Waals surface area contributed by atoms with Gasteiger partial charge in [-0.15, -0.1) is 0 Å². The Morgan fingerprint density at radius 1 is 0.529 bits per heavy atom. The summed E-state index contributed by atoms with van der Waals surface area (Å²) in [5.41, 5.74) is 0. The van der Waals surface area contributed by atoms with Gasteiger partial charge < -0.3 is 24.6 Å². The van der Waals surface area contributed by atoms with Crippen LogP contribution in [0.5, 0.6) is 0 Å². The molecule has 0 heterocycles. The molecule has 3 N–H and O–H groups in total. The van der Waals surface area contributed by atoms with E-state index in [4.69, 9.17) is 19.1 Å². The summed E-state index contributed by atoms with van der Waals surface area (Å²) in [6.45, 7) is 6.97. The Labute approximate surface area is 312 Å². The molecule has 0 aromatic rings. The number of hydrogen-bond donors (Lipinski definition) is 3. The third kappa shape index (κ3) is 37.1. The Hall–Kier alpha value is -1.03. The lowest BCUT2D eigenvalue weighted by Gasteiger charge is -2.20. The first-order valence-electron chi connectivity index (χ1n) is 20.7. The van der Waals surface area contributed by atoms with Gasteiger partial charge in [-0.05, 0) is 24.7 Å². The minimum absolute atomic E-state index is 0.190. The average molecular weight is 751 g/mol. The molecule has 0 radical (unpaired) electrons. The second kappa shape index (κ2) is 34.7. The largest absolute Gasteiger partial charge is 0.472 e. The summed E-state index contributed by atoms with van der Waals surface area (Å²) in [7, 11) is -4.60. The maximum absolute atomic E-state index is 12.6. The highest BCUT2D eigenvalue weighted by molar-refractivity contribution is 7.47. The van der Waals surface area contributed by atoms with Gasteiger partial charge in [-0.3, -0.25) is 18.6 Å². The molecule has 0 rings (SSSR count). The van der Waals surface area contributed by atoms with Crippen molar-refractivity contribution in [2.75, 3.05) is 26.4 Å². The van der Waals surface area contributed by atoms with E-state index < -0.39 is 51.8 Å². The molecule has 3 atom stereocenters. The fraction of sp³-hybridized carbons (Fsp3) is 0.950. The Kier molecular flexibility index (Phi) is 34.0. The van der Waals surface area contributed by atoms with Crippen LogP contribution in [0.25, 0.3) is 0 Å². The molecular weight excluding hydrogens is 671 g/mol. The Morgan fingerprint density at radius 2 is 0.882 bits per heavy atom. The summed E-state index contributed by atoms with van der Waals surface area (Å²) in [6, 6.07) is 0. The number of phosphoric ester groups is 1. The Bertz CT molecular complexity index is 853. The molecule has 0 aliphatic rings. The van der Waals surface area contributed by atoms with Gasteiger partial charge in [0, 0.05) is 12.8 Å². The molecule has 0 aromatic heterocycles. The molecular formula is C40H79O10P. The number of phosphoric acid groups is 1. The fourth-order valence-corrected chi connectivity index (χ4v) is 6.68. The number of unbranched alkanes of at least 4 members (excludes halogenated alkanes) is 20. The molecule has 0 aromatic carbocycles. The summed E-state index contributed by atoms with van der Waals surface area (Å²) in [4.78, 5) is 34.8. The highest BCUT2D eigenvalue weighted by Gasteiger charge is 2.27. The SMILES string of the molecule is CC(C)CCCCCCCCCCCCCCCCCCC(=O)O[C@H](COC(=O)CCCCCCCCC(C)C)COP(=O)(O)OC[C@@H](O)CO. The van der Waals surface area contributed by atoms with Crippen molar-refractivity contribution in [1.29, 1.82) is 0 Å². The molecule has 0 spiro atoms. The molecule has 11 heteroatoms. The first-order chi connectivity index (χ1) is 24.4. The number of ether oxygens (including phenoxy) is 2. The van der Waals surface area contributed by atoms with Crippen LogP contribution in [0.2, 0.25) is 0 Å². The molecule has 0 bridgehead atoms. The molecule has 51 heavy (non-hydrogen) atoms. The van der Waals surface area contributed by atoms with Gasteiger partial charge in [0.1, 0.15) is 12.7 Å². The topological polar surface area (TPSA) is 149 Å². The lowest BCUT2D eigenvalue weighted by Crippen LogP contribution is -2.29. The van der Waals surface area contributed by atoms with Crippen molar-refractivity contribution in [3.8, 4) is 0 Å². The van der Waals surface area contributed by atoms with Gasteiger partial charge in [-0.2, -0.15) is 0 Å². The predicted molar refractivity (Wildman–Crippen MR) is 205 cm³/mol. The van der Waals surface area contributed by atoms with Crippen LogP contribution in [-0.2, 0) is 32.7 Å². The van der Waals surface area contributed by atoms with Crippen LogP contribution in [0.15, 0.2) is 0 Å². The van der Waals surface area contributed by atoms with Crippen molar-refractivity contribution in [3.63, 3.8) is 0 Å². The highest BCUT2D eigenvalue weighted by atomic mass is 31.2. The monoisotopic (exact) mass is 751 g/mol. The van der Waals surface area contributed by atoms with Crippen molar-refractivity contribution in [1.82, 2.24) is 0 Å². The van der Waals surface area contributed by atoms with E-state index in [1.807, 2.05) is 0 Å². The van der Waals surface area contributed by atoms with E-state index in [9.17, 15) is 24.2 Å². The lowest BCUT2D eigenvalue weighted by molar-refractivity contribution is -0.161. The van der Waals surface area contributed by atoms with E-state index in [2.05, 4.69) is 32.2 Å². The summed E-state index contributed by atoms with van der Waals surface area (Å²) < 4.78 is 32.6. The van der Waals surface area contributed by atoms with Crippen molar-refractivity contribution >= 4 is 19.8 Å². The van der Waals surface area contributed by atoms with E-state index >= 15 is 0 Å². The number of carbonyl (C=O) groups excluding carboxylic acids is 2. The Morgan fingerprint density at radius 3 is 1.27 bits per heavy atom. The van der Waals surface area contributed by atoms with Crippen LogP contribution in [0.4, 0.5) is 0 Å². The maximum atomic E-state index is 12.6. The van der Waals surface area contributed by atoms with E-state index in [-0.39, 0.29) is 19.4 Å². The van der Waals surface area contributed by atoms with Gasteiger partial charge in [0.05, 0.1) is 19.8 Å². The van der Waals surface area contributed by atoms with Crippen LogP contribution >= 0.6 is 7.82 Å². The first-order valence-corrected chi connectivity index (χ1v) is 22.2. The maximum Gasteiger partial charge on any atom is 0.472 e. The predicted octanol–water partition coefficient (Wildman–Crippen LogP) is 10.4. The van der Waals surface area contributed by atoms with Crippen LogP contribution in [0.1, 0.15) is 195 Å². The number of esters is 2. The van der Waals surface area contributed by atoms with Crippen LogP contribution in [-0.4, -0.2) is 65.7 Å². The zero-order valence-electron chi connectivity index (χ0n) is 33.2. The van der Waals surface area contributed by atoms with E-state index in [1.54, 1.807) is 0 Å². The number of aliphatic hydroxyl groups is 2. The van der Waals surface area contributed by atoms with Gasteiger partial charge in [0.15, 0.2) is 6.10 Å². The average Bonchev–Trinajstić information content (AvgIpc) is 3.08. The lowest BCUT2D eigenvalue weighted by atomic mass is 10.0. The molecule has 0 fully saturated rings. The standard InChI is InChI=1S/C40H79O10P/c1-35(2)27-23-19-15-13-11-9-7-5-6-8-10-12-14-16-22-26-30-40(44)50-38(34-49-51(45,46)48-32-37(42)31-41)33-47-39(43)29-25-21-18-17-20-24-28-36(3)4/h35-38,41-42H,5-34H2,1-4H3,(H,45,46)/t37-,38+/m0/s1. The first kappa shape index (κ1) is 50.0. The summed E-state index contributed by atoms with van der Waals surface area (Å²) >= 11 is 0. The van der Waals surface area contributed by atoms with Crippen LogP contribution in [0, 0.1) is 11.8 Å².